The molecule has 0 radical (unpaired) electrons. The molecule has 0 fully saturated rings. The van der Waals surface area contributed by atoms with E-state index in [1.54, 1.807) is 6.20 Å². The first-order valence-corrected chi connectivity index (χ1v) is 5.45. The fourth-order valence-electron chi connectivity index (χ4n) is 1.52. The van der Waals surface area contributed by atoms with Crippen LogP contribution in [-0.4, -0.2) is 4.98 Å². The van der Waals surface area contributed by atoms with Gasteiger partial charge in [0.2, 0.25) is 0 Å². The van der Waals surface area contributed by atoms with E-state index in [0.29, 0.717) is 17.2 Å². The first kappa shape index (κ1) is 11.8. The van der Waals surface area contributed by atoms with Gasteiger partial charge in [-0.05, 0) is 11.6 Å². The SMILES string of the molecule is CC(C)c1ncc(Cc2ccc(F)cc2F)o1. The second-order valence-electron chi connectivity index (χ2n) is 4.23. The minimum absolute atomic E-state index is 0.196. The maximum Gasteiger partial charge on any atom is 0.196 e. The van der Waals surface area contributed by atoms with Crippen LogP contribution in [0.15, 0.2) is 28.8 Å². The highest BCUT2D eigenvalue weighted by molar-refractivity contribution is 5.22. The van der Waals surface area contributed by atoms with E-state index in [-0.39, 0.29) is 12.3 Å². The molecule has 90 valence electrons. The summed E-state index contributed by atoms with van der Waals surface area (Å²) in [5, 5.41) is 0. The van der Waals surface area contributed by atoms with Crippen LogP contribution in [0, 0.1) is 11.6 Å². The van der Waals surface area contributed by atoms with Crippen molar-refractivity contribution in [3.63, 3.8) is 0 Å². The van der Waals surface area contributed by atoms with Gasteiger partial charge in [-0.3, -0.25) is 0 Å². The topological polar surface area (TPSA) is 26.0 Å². The molecule has 0 N–H and O–H groups in total. The summed E-state index contributed by atoms with van der Waals surface area (Å²) in [6, 6.07) is 3.52. The Morgan fingerprint density at radius 2 is 2.06 bits per heavy atom. The lowest BCUT2D eigenvalue weighted by Gasteiger charge is -2.01. The molecule has 0 unspecified atom stereocenters. The van der Waals surface area contributed by atoms with Gasteiger partial charge in [-0.1, -0.05) is 19.9 Å². The van der Waals surface area contributed by atoms with Gasteiger partial charge in [-0.15, -0.1) is 0 Å². The fraction of sp³-hybridized carbons (Fsp3) is 0.308. The van der Waals surface area contributed by atoms with Crippen molar-refractivity contribution < 1.29 is 13.2 Å². The second kappa shape index (κ2) is 4.65. The number of oxazole rings is 1. The summed E-state index contributed by atoms with van der Waals surface area (Å²) in [6.45, 7) is 3.93. The van der Waals surface area contributed by atoms with Crippen molar-refractivity contribution in [1.82, 2.24) is 4.98 Å². The van der Waals surface area contributed by atoms with Crippen LogP contribution in [0.3, 0.4) is 0 Å². The van der Waals surface area contributed by atoms with Gasteiger partial charge in [0, 0.05) is 18.4 Å². The molecule has 2 nitrogen and oxygen atoms in total. The van der Waals surface area contributed by atoms with E-state index in [2.05, 4.69) is 4.98 Å². The van der Waals surface area contributed by atoms with Gasteiger partial charge in [0.05, 0.1) is 6.20 Å². The Kier molecular flexibility index (Phi) is 3.22. The molecule has 2 rings (SSSR count). The van der Waals surface area contributed by atoms with Crippen LogP contribution in [0.2, 0.25) is 0 Å². The molecule has 1 aromatic heterocycles. The summed E-state index contributed by atoms with van der Waals surface area (Å²) in [5.74, 6) is 0.266. The van der Waals surface area contributed by atoms with Crippen LogP contribution in [0.25, 0.3) is 0 Å². The van der Waals surface area contributed by atoms with Gasteiger partial charge in [0.1, 0.15) is 17.4 Å². The summed E-state index contributed by atoms with van der Waals surface area (Å²) >= 11 is 0. The molecule has 0 saturated carbocycles. The fourth-order valence-corrected chi connectivity index (χ4v) is 1.52. The third-order valence-corrected chi connectivity index (χ3v) is 2.45. The van der Waals surface area contributed by atoms with Gasteiger partial charge in [0.15, 0.2) is 5.89 Å². The molecular formula is C13H13F2NO. The Balaban J connectivity index is 2.19. The number of aromatic nitrogens is 1. The quantitative estimate of drug-likeness (QED) is 0.814. The van der Waals surface area contributed by atoms with Crippen molar-refractivity contribution in [3.05, 3.63) is 53.2 Å². The Bertz CT molecular complexity index is 520. The van der Waals surface area contributed by atoms with Gasteiger partial charge in [-0.25, -0.2) is 13.8 Å². The Morgan fingerprint density at radius 1 is 1.29 bits per heavy atom. The molecule has 0 spiro atoms. The third kappa shape index (κ3) is 2.70. The maximum absolute atomic E-state index is 13.4. The first-order valence-electron chi connectivity index (χ1n) is 5.45. The third-order valence-electron chi connectivity index (χ3n) is 2.45. The monoisotopic (exact) mass is 237 g/mol. The number of nitrogens with zero attached hydrogens (tertiary/aromatic N) is 1. The first-order chi connectivity index (χ1) is 8.06. The molecule has 0 aliphatic carbocycles. The summed E-state index contributed by atoms with van der Waals surface area (Å²) in [4.78, 5) is 4.10. The highest BCUT2D eigenvalue weighted by Gasteiger charge is 2.10. The normalized spacial score (nSPS) is 11.1. The van der Waals surface area contributed by atoms with Crippen molar-refractivity contribution in [2.24, 2.45) is 0 Å². The number of rotatable bonds is 3. The van der Waals surface area contributed by atoms with E-state index in [1.807, 2.05) is 13.8 Å². The van der Waals surface area contributed by atoms with Gasteiger partial charge in [0.25, 0.3) is 0 Å². The smallest absolute Gasteiger partial charge is 0.196 e. The lowest BCUT2D eigenvalue weighted by Crippen LogP contribution is -1.92. The zero-order chi connectivity index (χ0) is 12.4. The summed E-state index contributed by atoms with van der Waals surface area (Å²) in [7, 11) is 0. The Labute approximate surface area is 98.3 Å². The molecule has 0 aliphatic rings. The molecular weight excluding hydrogens is 224 g/mol. The average Bonchev–Trinajstić information content (AvgIpc) is 2.71. The highest BCUT2D eigenvalue weighted by atomic mass is 19.1. The van der Waals surface area contributed by atoms with E-state index in [0.717, 1.165) is 6.07 Å². The minimum atomic E-state index is -0.577. The number of halogens is 2. The molecule has 1 aromatic carbocycles. The van der Waals surface area contributed by atoms with Crippen LogP contribution in [-0.2, 0) is 6.42 Å². The average molecular weight is 237 g/mol. The van der Waals surface area contributed by atoms with Crippen molar-refractivity contribution in [1.29, 1.82) is 0 Å². The number of hydrogen-bond donors (Lipinski definition) is 0. The zero-order valence-electron chi connectivity index (χ0n) is 9.71. The van der Waals surface area contributed by atoms with Crippen LogP contribution in [0.4, 0.5) is 8.78 Å². The van der Waals surface area contributed by atoms with Gasteiger partial charge in [-0.2, -0.15) is 0 Å². The molecule has 0 aliphatic heterocycles. The van der Waals surface area contributed by atoms with Crippen molar-refractivity contribution in [2.45, 2.75) is 26.2 Å². The lowest BCUT2D eigenvalue weighted by atomic mass is 10.1. The van der Waals surface area contributed by atoms with E-state index < -0.39 is 11.6 Å². The minimum Gasteiger partial charge on any atom is -0.445 e. The van der Waals surface area contributed by atoms with E-state index in [1.165, 1.54) is 12.1 Å². The van der Waals surface area contributed by atoms with Gasteiger partial charge >= 0.3 is 0 Å². The van der Waals surface area contributed by atoms with Crippen LogP contribution >= 0.6 is 0 Å². The van der Waals surface area contributed by atoms with E-state index >= 15 is 0 Å². The number of benzene rings is 1. The predicted molar refractivity (Wildman–Crippen MR) is 59.8 cm³/mol. The predicted octanol–water partition coefficient (Wildman–Crippen LogP) is 3.67. The largest absolute Gasteiger partial charge is 0.445 e. The summed E-state index contributed by atoms with van der Waals surface area (Å²) in [6.07, 6.45) is 1.87. The molecule has 0 amide bonds. The standard InChI is InChI=1S/C13H13F2NO/c1-8(2)13-16-7-11(17-13)5-9-3-4-10(14)6-12(9)15/h3-4,6-8H,5H2,1-2H3. The van der Waals surface area contributed by atoms with Crippen LogP contribution in [0.5, 0.6) is 0 Å². The molecule has 0 atom stereocenters. The number of hydrogen-bond acceptors (Lipinski definition) is 2. The summed E-state index contributed by atoms with van der Waals surface area (Å²) < 4.78 is 31.6. The van der Waals surface area contributed by atoms with Crippen molar-refractivity contribution >= 4 is 0 Å². The van der Waals surface area contributed by atoms with Crippen LogP contribution in [0.1, 0.15) is 37.0 Å². The maximum atomic E-state index is 13.4. The second-order valence-corrected chi connectivity index (χ2v) is 4.23. The van der Waals surface area contributed by atoms with E-state index in [9.17, 15) is 8.78 Å². The Morgan fingerprint density at radius 3 is 2.65 bits per heavy atom. The van der Waals surface area contributed by atoms with Gasteiger partial charge < -0.3 is 4.42 Å². The molecule has 4 heteroatoms. The van der Waals surface area contributed by atoms with E-state index in [4.69, 9.17) is 4.42 Å². The summed E-state index contributed by atoms with van der Waals surface area (Å²) in [5.41, 5.74) is 0.401. The van der Waals surface area contributed by atoms with Crippen LogP contribution < -0.4 is 0 Å². The zero-order valence-corrected chi connectivity index (χ0v) is 9.71. The molecule has 17 heavy (non-hydrogen) atoms. The molecule has 1 heterocycles. The highest BCUT2D eigenvalue weighted by Crippen LogP contribution is 2.18. The molecule has 2 aromatic rings. The molecule has 0 bridgehead atoms. The molecule has 0 saturated heterocycles. The van der Waals surface area contributed by atoms with Crippen molar-refractivity contribution in [3.8, 4) is 0 Å². The lowest BCUT2D eigenvalue weighted by molar-refractivity contribution is 0.440. The van der Waals surface area contributed by atoms with Crippen molar-refractivity contribution in [2.75, 3.05) is 0 Å². The Hall–Kier alpha value is -1.71.